The summed E-state index contributed by atoms with van der Waals surface area (Å²) < 4.78 is 10.5. The second-order valence-electron chi connectivity index (χ2n) is 6.09. The molecule has 3 rings (SSSR count). The van der Waals surface area contributed by atoms with Gasteiger partial charge in [-0.25, -0.2) is 0 Å². The first-order valence-corrected chi connectivity index (χ1v) is 9.53. The van der Waals surface area contributed by atoms with E-state index in [-0.39, 0.29) is 18.2 Å². The van der Waals surface area contributed by atoms with E-state index in [1.165, 1.54) is 11.8 Å². The molecule has 6 nitrogen and oxygen atoms in total. The van der Waals surface area contributed by atoms with Gasteiger partial charge in [0.1, 0.15) is 0 Å². The van der Waals surface area contributed by atoms with Crippen LogP contribution in [0.25, 0.3) is 0 Å². The van der Waals surface area contributed by atoms with Gasteiger partial charge in [-0.05, 0) is 36.2 Å². The molecule has 0 saturated heterocycles. The van der Waals surface area contributed by atoms with Gasteiger partial charge >= 0.3 is 0 Å². The summed E-state index contributed by atoms with van der Waals surface area (Å²) in [6.07, 6.45) is 0.815. The highest BCUT2D eigenvalue weighted by Gasteiger charge is 2.28. The second-order valence-corrected chi connectivity index (χ2v) is 7.33. The minimum Gasteiger partial charge on any atom is -0.493 e. The Morgan fingerprint density at radius 3 is 2.70 bits per heavy atom. The maximum atomic E-state index is 12.2. The third-order valence-corrected chi connectivity index (χ3v) is 5.54. The first-order valence-electron chi connectivity index (χ1n) is 8.65. The third kappa shape index (κ3) is 4.74. The molecule has 1 heterocycles. The Kier molecular flexibility index (Phi) is 6.24. The first kappa shape index (κ1) is 19.1. The predicted molar refractivity (Wildman–Crippen MR) is 106 cm³/mol. The van der Waals surface area contributed by atoms with Crippen LogP contribution in [0.5, 0.6) is 11.5 Å². The highest BCUT2D eigenvalue weighted by Crippen LogP contribution is 2.36. The Morgan fingerprint density at radius 1 is 1.15 bits per heavy atom. The number of para-hydroxylation sites is 1. The number of hydrogen-bond donors (Lipinski definition) is 2. The van der Waals surface area contributed by atoms with Gasteiger partial charge in [0.25, 0.3) is 0 Å². The number of hydrogen-bond acceptors (Lipinski definition) is 5. The Balaban J connectivity index is 1.50. The zero-order chi connectivity index (χ0) is 19.2. The van der Waals surface area contributed by atoms with Gasteiger partial charge in [-0.15, -0.1) is 11.8 Å². The number of fused-ring (bicyclic) bond motifs is 1. The fourth-order valence-electron chi connectivity index (χ4n) is 2.85. The van der Waals surface area contributed by atoms with E-state index < -0.39 is 5.25 Å². The molecule has 0 aromatic heterocycles. The molecule has 2 amide bonds. The molecule has 0 unspecified atom stereocenters. The molecule has 0 bridgehead atoms. The van der Waals surface area contributed by atoms with E-state index in [9.17, 15) is 9.59 Å². The Labute approximate surface area is 162 Å². The van der Waals surface area contributed by atoms with Crippen LogP contribution >= 0.6 is 11.8 Å². The zero-order valence-corrected chi connectivity index (χ0v) is 16.1. The van der Waals surface area contributed by atoms with Gasteiger partial charge in [0.2, 0.25) is 11.8 Å². The van der Waals surface area contributed by atoms with Crippen LogP contribution in [0.3, 0.4) is 0 Å². The number of thioether (sulfide) groups is 1. The van der Waals surface area contributed by atoms with Gasteiger partial charge in [-0.3, -0.25) is 9.59 Å². The number of methoxy groups -OCH3 is 2. The molecule has 1 atom stereocenters. The van der Waals surface area contributed by atoms with Crippen LogP contribution < -0.4 is 20.1 Å². The van der Waals surface area contributed by atoms with Crippen molar-refractivity contribution in [2.24, 2.45) is 0 Å². The average molecular weight is 386 g/mol. The monoisotopic (exact) mass is 386 g/mol. The van der Waals surface area contributed by atoms with Gasteiger partial charge < -0.3 is 20.1 Å². The number of benzene rings is 2. The topological polar surface area (TPSA) is 76.7 Å². The van der Waals surface area contributed by atoms with Crippen molar-refractivity contribution in [3.05, 3.63) is 48.0 Å². The minimum atomic E-state index is -0.416. The predicted octanol–water partition coefficient (Wildman–Crippen LogP) is 2.87. The van der Waals surface area contributed by atoms with Crippen molar-refractivity contribution >= 4 is 29.3 Å². The number of ether oxygens (including phenoxy) is 2. The maximum Gasteiger partial charge on any atom is 0.238 e. The van der Waals surface area contributed by atoms with Crippen molar-refractivity contribution in [1.29, 1.82) is 0 Å². The van der Waals surface area contributed by atoms with Gasteiger partial charge in [0, 0.05) is 17.9 Å². The van der Waals surface area contributed by atoms with E-state index in [0.717, 1.165) is 16.1 Å². The highest BCUT2D eigenvalue weighted by atomic mass is 32.2. The summed E-state index contributed by atoms with van der Waals surface area (Å²) in [7, 11) is 3.18. The van der Waals surface area contributed by atoms with Crippen LogP contribution in [0, 0.1) is 0 Å². The molecular weight excluding hydrogens is 364 g/mol. The summed E-state index contributed by atoms with van der Waals surface area (Å²) in [5, 5.41) is 5.32. The number of carbonyl (C=O) groups excluding carboxylic acids is 2. The van der Waals surface area contributed by atoms with Crippen molar-refractivity contribution < 1.29 is 19.1 Å². The Bertz CT molecular complexity index is 840. The molecule has 27 heavy (non-hydrogen) atoms. The zero-order valence-electron chi connectivity index (χ0n) is 15.3. The summed E-state index contributed by atoms with van der Waals surface area (Å²) in [5.74, 6) is 1.07. The molecule has 0 radical (unpaired) electrons. The molecule has 0 aliphatic carbocycles. The molecule has 0 spiro atoms. The third-order valence-electron chi connectivity index (χ3n) is 4.26. The standard InChI is InChI=1S/C20H22N2O4S/c1-25-15-8-7-13(11-16(15)26-2)9-10-21-19(23)12-18-20(24)22-14-5-3-4-6-17(14)27-18/h3-8,11,18H,9-10,12H2,1-2H3,(H,21,23)(H,22,24)/t18-/m1/s1. The smallest absolute Gasteiger partial charge is 0.238 e. The largest absolute Gasteiger partial charge is 0.493 e. The van der Waals surface area contributed by atoms with Crippen LogP contribution in [0.4, 0.5) is 5.69 Å². The van der Waals surface area contributed by atoms with Crippen molar-refractivity contribution in [2.45, 2.75) is 23.0 Å². The summed E-state index contributed by atoms with van der Waals surface area (Å²) in [4.78, 5) is 25.4. The molecular formula is C20H22N2O4S. The van der Waals surface area contributed by atoms with Crippen LogP contribution in [0.1, 0.15) is 12.0 Å². The molecule has 2 N–H and O–H groups in total. The van der Waals surface area contributed by atoms with E-state index in [1.807, 2.05) is 42.5 Å². The number of rotatable bonds is 7. The molecule has 1 aliphatic rings. The molecule has 142 valence electrons. The van der Waals surface area contributed by atoms with E-state index >= 15 is 0 Å². The molecule has 0 fully saturated rings. The lowest BCUT2D eigenvalue weighted by molar-refractivity contribution is -0.124. The van der Waals surface area contributed by atoms with Crippen LogP contribution in [0.2, 0.25) is 0 Å². The Morgan fingerprint density at radius 2 is 1.93 bits per heavy atom. The van der Waals surface area contributed by atoms with Gasteiger partial charge in [0.15, 0.2) is 11.5 Å². The van der Waals surface area contributed by atoms with Crippen LogP contribution in [0.15, 0.2) is 47.4 Å². The van der Waals surface area contributed by atoms with Crippen LogP contribution in [-0.2, 0) is 16.0 Å². The number of carbonyl (C=O) groups is 2. The summed E-state index contributed by atoms with van der Waals surface area (Å²) in [6, 6.07) is 13.3. The normalized spacial score (nSPS) is 15.5. The van der Waals surface area contributed by atoms with Crippen molar-refractivity contribution in [3.8, 4) is 11.5 Å². The van der Waals surface area contributed by atoms with E-state index in [4.69, 9.17) is 9.47 Å². The number of anilines is 1. The van der Waals surface area contributed by atoms with Crippen LogP contribution in [-0.4, -0.2) is 37.8 Å². The van der Waals surface area contributed by atoms with Gasteiger partial charge in [0.05, 0.1) is 25.2 Å². The van der Waals surface area contributed by atoms with Crippen molar-refractivity contribution in [1.82, 2.24) is 5.32 Å². The quantitative estimate of drug-likeness (QED) is 0.765. The Hall–Kier alpha value is -2.67. The molecule has 2 aromatic carbocycles. The first-order chi connectivity index (χ1) is 13.1. The van der Waals surface area contributed by atoms with Crippen molar-refractivity contribution in [2.75, 3.05) is 26.1 Å². The minimum absolute atomic E-state index is 0.131. The fraction of sp³-hybridized carbons (Fsp3) is 0.300. The highest BCUT2D eigenvalue weighted by molar-refractivity contribution is 8.01. The van der Waals surface area contributed by atoms with Crippen molar-refractivity contribution in [3.63, 3.8) is 0 Å². The lowest BCUT2D eigenvalue weighted by Gasteiger charge is -2.23. The maximum absolute atomic E-state index is 12.2. The molecule has 7 heteroatoms. The van der Waals surface area contributed by atoms with Gasteiger partial charge in [-0.2, -0.15) is 0 Å². The number of nitrogens with one attached hydrogen (secondary N) is 2. The second kappa shape index (κ2) is 8.81. The van der Waals surface area contributed by atoms with E-state index in [1.54, 1.807) is 14.2 Å². The molecule has 1 aliphatic heterocycles. The SMILES string of the molecule is COc1ccc(CCNC(=O)C[C@H]2Sc3ccccc3NC2=O)cc1OC. The van der Waals surface area contributed by atoms with Gasteiger partial charge in [-0.1, -0.05) is 18.2 Å². The molecule has 0 saturated carbocycles. The summed E-state index contributed by atoms with van der Waals surface area (Å²) >= 11 is 1.43. The lowest BCUT2D eigenvalue weighted by atomic mass is 10.1. The fourth-order valence-corrected chi connectivity index (χ4v) is 3.96. The lowest BCUT2D eigenvalue weighted by Crippen LogP contribution is -2.35. The number of amides is 2. The summed E-state index contributed by atoms with van der Waals surface area (Å²) in [5.41, 5.74) is 1.84. The average Bonchev–Trinajstić information content (AvgIpc) is 2.68. The molecule has 2 aromatic rings. The van der Waals surface area contributed by atoms with E-state index in [0.29, 0.717) is 24.5 Å². The van der Waals surface area contributed by atoms with E-state index in [2.05, 4.69) is 10.6 Å². The summed E-state index contributed by atoms with van der Waals surface area (Å²) in [6.45, 7) is 0.490.